The Morgan fingerprint density at radius 3 is 2.44 bits per heavy atom. The van der Waals surface area contributed by atoms with E-state index in [1.807, 2.05) is 55.2 Å². The molecule has 3 rings (SSSR count). The molecule has 2 aromatic carbocycles. The molecule has 0 saturated carbocycles. The van der Waals surface area contributed by atoms with Gasteiger partial charge < -0.3 is 26.6 Å². The van der Waals surface area contributed by atoms with E-state index < -0.39 is 0 Å². The Hall–Kier alpha value is -3.36. The zero-order valence-corrected chi connectivity index (χ0v) is 19.1. The van der Waals surface area contributed by atoms with Crippen LogP contribution in [0, 0.1) is 0 Å². The van der Waals surface area contributed by atoms with Crippen LogP contribution in [0.25, 0.3) is 0 Å². The minimum absolute atomic E-state index is 0.171. The maximum absolute atomic E-state index is 12.6. The molecule has 0 fully saturated rings. The molecule has 3 aromatic rings. The molecule has 1 atom stereocenters. The second-order valence-corrected chi connectivity index (χ2v) is 8.55. The molecule has 0 aliphatic rings. The van der Waals surface area contributed by atoms with E-state index in [1.54, 1.807) is 24.3 Å². The smallest absolute Gasteiger partial charge is 0.319 e. The highest BCUT2D eigenvalue weighted by molar-refractivity contribution is 7.08. The molecule has 1 unspecified atom stereocenters. The summed E-state index contributed by atoms with van der Waals surface area (Å²) in [4.78, 5) is 27.2. The van der Waals surface area contributed by atoms with Gasteiger partial charge in [0.05, 0.1) is 23.1 Å². The van der Waals surface area contributed by atoms with Crippen LogP contribution in [0.5, 0.6) is 0 Å². The molecule has 7 nitrogen and oxygen atoms in total. The zero-order chi connectivity index (χ0) is 22.9. The van der Waals surface area contributed by atoms with Gasteiger partial charge in [-0.05, 0) is 74.8 Å². The number of carbonyl (C=O) groups is 2. The van der Waals surface area contributed by atoms with Crippen molar-refractivity contribution in [3.8, 4) is 0 Å². The standard InChI is InChI=1S/C24H29N5O2S/c1-29(2)14-5-8-21(28-24(31)26-19-13-15-32-16-19)17-9-11-18(12-10-17)23(30)27-22-7-4-3-6-20(22)25/h3-4,6-7,9-13,15-16,21H,5,8,14,25H2,1-2H3,(H,27,30)(H2,26,28,31). The van der Waals surface area contributed by atoms with E-state index in [-0.39, 0.29) is 18.0 Å². The van der Waals surface area contributed by atoms with Crippen molar-refractivity contribution in [3.05, 3.63) is 76.5 Å². The van der Waals surface area contributed by atoms with Gasteiger partial charge in [-0.2, -0.15) is 11.3 Å². The van der Waals surface area contributed by atoms with Crippen LogP contribution in [-0.4, -0.2) is 37.5 Å². The number of nitrogens with zero attached hydrogens (tertiary/aromatic N) is 1. The minimum Gasteiger partial charge on any atom is -0.397 e. The first-order chi connectivity index (χ1) is 15.4. The predicted octanol–water partition coefficient (Wildman–Crippen LogP) is 4.79. The lowest BCUT2D eigenvalue weighted by molar-refractivity contribution is 0.102. The topological polar surface area (TPSA) is 99.5 Å². The van der Waals surface area contributed by atoms with Crippen LogP contribution in [0.4, 0.5) is 21.9 Å². The molecule has 1 aromatic heterocycles. The van der Waals surface area contributed by atoms with Crippen molar-refractivity contribution in [2.75, 3.05) is 37.0 Å². The number of nitrogen functional groups attached to an aromatic ring is 1. The molecule has 0 radical (unpaired) electrons. The van der Waals surface area contributed by atoms with Crippen molar-refractivity contribution in [3.63, 3.8) is 0 Å². The van der Waals surface area contributed by atoms with Crippen molar-refractivity contribution in [2.24, 2.45) is 0 Å². The summed E-state index contributed by atoms with van der Waals surface area (Å²) in [5.41, 5.74) is 9.24. The van der Waals surface area contributed by atoms with Gasteiger partial charge in [-0.1, -0.05) is 24.3 Å². The van der Waals surface area contributed by atoms with Gasteiger partial charge in [0.25, 0.3) is 5.91 Å². The van der Waals surface area contributed by atoms with E-state index in [0.29, 0.717) is 16.9 Å². The second kappa shape index (κ2) is 11.3. The number of nitrogens with one attached hydrogen (secondary N) is 3. The quantitative estimate of drug-likeness (QED) is 0.352. The molecule has 1 heterocycles. The summed E-state index contributed by atoms with van der Waals surface area (Å²) >= 11 is 1.53. The predicted molar refractivity (Wildman–Crippen MR) is 132 cm³/mol. The van der Waals surface area contributed by atoms with Crippen LogP contribution in [0.15, 0.2) is 65.4 Å². The summed E-state index contributed by atoms with van der Waals surface area (Å²) in [6.07, 6.45) is 1.70. The average Bonchev–Trinajstić information content (AvgIpc) is 3.27. The first-order valence-electron chi connectivity index (χ1n) is 10.4. The van der Waals surface area contributed by atoms with Crippen LogP contribution in [0.1, 0.15) is 34.8 Å². The summed E-state index contributed by atoms with van der Waals surface area (Å²) in [7, 11) is 4.05. The Balaban J connectivity index is 1.68. The van der Waals surface area contributed by atoms with Crippen LogP contribution < -0.4 is 21.7 Å². The molecule has 32 heavy (non-hydrogen) atoms. The molecule has 0 spiro atoms. The van der Waals surface area contributed by atoms with Crippen molar-refractivity contribution in [1.82, 2.24) is 10.2 Å². The van der Waals surface area contributed by atoms with Gasteiger partial charge in [0.1, 0.15) is 0 Å². The lowest BCUT2D eigenvalue weighted by Gasteiger charge is -2.21. The first kappa shape index (κ1) is 23.3. The molecule has 0 bridgehead atoms. The fourth-order valence-corrected chi connectivity index (χ4v) is 3.85. The Kier molecular flexibility index (Phi) is 8.24. The highest BCUT2D eigenvalue weighted by atomic mass is 32.1. The Morgan fingerprint density at radius 1 is 1.03 bits per heavy atom. The molecular weight excluding hydrogens is 422 g/mol. The maximum atomic E-state index is 12.6. The molecule has 168 valence electrons. The number of thiophene rings is 1. The number of rotatable bonds is 9. The Labute approximate surface area is 192 Å². The third kappa shape index (κ3) is 6.83. The number of benzene rings is 2. The molecule has 8 heteroatoms. The van der Waals surface area contributed by atoms with Gasteiger partial charge in [0, 0.05) is 10.9 Å². The summed E-state index contributed by atoms with van der Waals surface area (Å²) in [6.45, 7) is 0.920. The van der Waals surface area contributed by atoms with Crippen molar-refractivity contribution < 1.29 is 9.59 Å². The highest BCUT2D eigenvalue weighted by Crippen LogP contribution is 2.22. The van der Waals surface area contributed by atoms with E-state index in [0.717, 1.165) is 30.6 Å². The summed E-state index contributed by atoms with van der Waals surface area (Å²) < 4.78 is 0. The fraction of sp³-hybridized carbons (Fsp3) is 0.250. The molecule has 3 amide bonds. The number of para-hydroxylation sites is 2. The average molecular weight is 452 g/mol. The number of urea groups is 1. The van der Waals surface area contributed by atoms with Crippen molar-refractivity contribution in [2.45, 2.75) is 18.9 Å². The monoisotopic (exact) mass is 451 g/mol. The van der Waals surface area contributed by atoms with Gasteiger partial charge in [0.15, 0.2) is 0 Å². The van der Waals surface area contributed by atoms with E-state index in [2.05, 4.69) is 20.9 Å². The van der Waals surface area contributed by atoms with E-state index in [1.165, 1.54) is 11.3 Å². The molecule has 0 aliphatic heterocycles. The SMILES string of the molecule is CN(C)CCCC(NC(=O)Nc1ccsc1)c1ccc(C(=O)Nc2ccccc2N)cc1. The van der Waals surface area contributed by atoms with Gasteiger partial charge >= 0.3 is 6.03 Å². The third-order valence-electron chi connectivity index (χ3n) is 4.97. The van der Waals surface area contributed by atoms with Crippen LogP contribution in [-0.2, 0) is 0 Å². The Morgan fingerprint density at radius 2 is 1.78 bits per heavy atom. The molecule has 0 aliphatic carbocycles. The van der Waals surface area contributed by atoms with Crippen LogP contribution in [0.3, 0.4) is 0 Å². The summed E-state index contributed by atoms with van der Waals surface area (Å²) in [6, 6.07) is 15.9. The summed E-state index contributed by atoms with van der Waals surface area (Å²) in [5.74, 6) is -0.234. The van der Waals surface area contributed by atoms with Crippen molar-refractivity contribution >= 4 is 40.3 Å². The zero-order valence-electron chi connectivity index (χ0n) is 18.3. The fourth-order valence-electron chi connectivity index (χ4n) is 3.27. The normalized spacial score (nSPS) is 11.7. The third-order valence-corrected chi connectivity index (χ3v) is 5.65. The first-order valence-corrected chi connectivity index (χ1v) is 11.4. The maximum Gasteiger partial charge on any atom is 0.319 e. The van der Waals surface area contributed by atoms with E-state index in [9.17, 15) is 9.59 Å². The van der Waals surface area contributed by atoms with E-state index >= 15 is 0 Å². The summed E-state index contributed by atoms with van der Waals surface area (Å²) in [5, 5.41) is 12.5. The van der Waals surface area contributed by atoms with Gasteiger partial charge in [-0.3, -0.25) is 4.79 Å². The Bertz CT molecular complexity index is 1020. The van der Waals surface area contributed by atoms with Gasteiger partial charge in [-0.15, -0.1) is 0 Å². The molecule has 0 saturated heterocycles. The second-order valence-electron chi connectivity index (χ2n) is 7.77. The number of hydrogen-bond donors (Lipinski definition) is 4. The number of nitrogens with two attached hydrogens (primary N) is 1. The largest absolute Gasteiger partial charge is 0.397 e. The molecular formula is C24H29N5O2S. The van der Waals surface area contributed by atoms with E-state index in [4.69, 9.17) is 5.73 Å². The van der Waals surface area contributed by atoms with Crippen LogP contribution >= 0.6 is 11.3 Å². The lowest BCUT2D eigenvalue weighted by Crippen LogP contribution is -2.33. The highest BCUT2D eigenvalue weighted by Gasteiger charge is 2.16. The number of amides is 3. The molecule has 5 N–H and O–H groups in total. The number of carbonyl (C=O) groups excluding carboxylic acids is 2. The van der Waals surface area contributed by atoms with Crippen molar-refractivity contribution in [1.29, 1.82) is 0 Å². The lowest BCUT2D eigenvalue weighted by atomic mass is 10.00. The minimum atomic E-state index is -0.250. The van der Waals surface area contributed by atoms with Crippen LogP contribution in [0.2, 0.25) is 0 Å². The van der Waals surface area contributed by atoms with Gasteiger partial charge in [0.2, 0.25) is 0 Å². The number of hydrogen-bond acceptors (Lipinski definition) is 5. The van der Waals surface area contributed by atoms with Gasteiger partial charge in [-0.25, -0.2) is 4.79 Å². The number of anilines is 3.